The molecule has 8 nitrogen and oxygen atoms in total. The first-order valence-electron chi connectivity index (χ1n) is 8.25. The number of carbonyl (C=O) groups excluding carboxylic acids is 3. The number of imide groups is 1. The Kier molecular flexibility index (Phi) is 5.37. The molecule has 0 spiro atoms. The topological polar surface area (TPSA) is 97.0 Å². The third-order valence-electron chi connectivity index (χ3n) is 4.17. The van der Waals surface area contributed by atoms with Crippen molar-refractivity contribution in [1.29, 1.82) is 0 Å². The Morgan fingerprint density at radius 3 is 2.48 bits per heavy atom. The number of rotatable bonds is 6. The molecule has 140 valence electrons. The van der Waals surface area contributed by atoms with Crippen molar-refractivity contribution >= 4 is 23.4 Å². The van der Waals surface area contributed by atoms with Gasteiger partial charge in [-0.25, -0.2) is 10.3 Å². The van der Waals surface area contributed by atoms with E-state index in [0.717, 1.165) is 4.90 Å². The first kappa shape index (κ1) is 18.4. The average Bonchev–Trinajstić information content (AvgIpc) is 2.99. The first-order valence-corrected chi connectivity index (χ1v) is 8.25. The minimum Gasteiger partial charge on any atom is -0.497 e. The van der Waals surface area contributed by atoms with Crippen LogP contribution in [0.1, 0.15) is 16.8 Å². The van der Waals surface area contributed by atoms with Gasteiger partial charge in [-0.3, -0.25) is 19.8 Å². The normalized spacial score (nSPS) is 16.4. The van der Waals surface area contributed by atoms with Crippen molar-refractivity contribution in [2.24, 2.45) is 0 Å². The van der Waals surface area contributed by atoms with Gasteiger partial charge in [0, 0.05) is 11.6 Å². The molecular weight excluding hydrogens is 350 g/mol. The molecule has 1 saturated heterocycles. The number of benzene rings is 2. The van der Waals surface area contributed by atoms with Crippen LogP contribution in [0.4, 0.5) is 5.69 Å². The molecule has 1 atom stereocenters. The maximum absolute atomic E-state index is 12.7. The summed E-state index contributed by atoms with van der Waals surface area (Å²) in [6, 6.07) is 12.5. The fourth-order valence-electron chi connectivity index (χ4n) is 2.78. The Labute approximate surface area is 156 Å². The Morgan fingerprint density at radius 1 is 1.07 bits per heavy atom. The molecule has 3 amide bonds. The SMILES string of the molecule is COc1ccc(OC)c(N2C(=O)C[C@@H](NNC(=O)c3ccccc3)C2=O)c1. The first-order chi connectivity index (χ1) is 13.0. The van der Waals surface area contributed by atoms with E-state index in [0.29, 0.717) is 22.7 Å². The predicted octanol–water partition coefficient (Wildman–Crippen LogP) is 1.27. The van der Waals surface area contributed by atoms with Crippen molar-refractivity contribution in [3.05, 3.63) is 54.1 Å². The van der Waals surface area contributed by atoms with Gasteiger partial charge in [0.05, 0.1) is 26.3 Å². The molecule has 1 aliphatic rings. The highest BCUT2D eigenvalue weighted by Gasteiger charge is 2.41. The van der Waals surface area contributed by atoms with Gasteiger partial charge in [0.1, 0.15) is 17.5 Å². The van der Waals surface area contributed by atoms with Crippen molar-refractivity contribution in [1.82, 2.24) is 10.9 Å². The molecule has 1 heterocycles. The van der Waals surface area contributed by atoms with Crippen molar-refractivity contribution in [2.45, 2.75) is 12.5 Å². The lowest BCUT2D eigenvalue weighted by atomic mass is 10.2. The summed E-state index contributed by atoms with van der Waals surface area (Å²) in [5.41, 5.74) is 5.85. The molecule has 0 bridgehead atoms. The quantitative estimate of drug-likeness (QED) is 0.588. The highest BCUT2D eigenvalue weighted by molar-refractivity contribution is 6.23. The lowest BCUT2D eigenvalue weighted by molar-refractivity contribution is -0.121. The Balaban J connectivity index is 1.75. The van der Waals surface area contributed by atoms with Gasteiger partial charge in [0.2, 0.25) is 5.91 Å². The van der Waals surface area contributed by atoms with E-state index < -0.39 is 23.8 Å². The lowest BCUT2D eigenvalue weighted by Crippen LogP contribution is -2.48. The number of hydrogen-bond donors (Lipinski definition) is 2. The number of ether oxygens (including phenoxy) is 2. The zero-order valence-electron chi connectivity index (χ0n) is 14.9. The van der Waals surface area contributed by atoms with Gasteiger partial charge in [-0.15, -0.1) is 0 Å². The maximum Gasteiger partial charge on any atom is 0.265 e. The Hall–Kier alpha value is -3.39. The average molecular weight is 369 g/mol. The van der Waals surface area contributed by atoms with Gasteiger partial charge in [0.25, 0.3) is 11.8 Å². The Bertz CT molecular complexity index is 869. The van der Waals surface area contributed by atoms with E-state index in [1.54, 1.807) is 48.5 Å². The maximum atomic E-state index is 12.7. The van der Waals surface area contributed by atoms with Crippen molar-refractivity contribution in [3.8, 4) is 11.5 Å². The van der Waals surface area contributed by atoms with E-state index in [4.69, 9.17) is 9.47 Å². The second-order valence-electron chi connectivity index (χ2n) is 5.83. The highest BCUT2D eigenvalue weighted by atomic mass is 16.5. The van der Waals surface area contributed by atoms with Crippen LogP contribution in [-0.2, 0) is 9.59 Å². The third kappa shape index (κ3) is 3.75. The van der Waals surface area contributed by atoms with Gasteiger partial charge in [-0.05, 0) is 24.3 Å². The molecule has 0 radical (unpaired) electrons. The van der Waals surface area contributed by atoms with Crippen LogP contribution in [0, 0.1) is 0 Å². The van der Waals surface area contributed by atoms with Crippen molar-refractivity contribution in [2.75, 3.05) is 19.1 Å². The smallest absolute Gasteiger partial charge is 0.265 e. The van der Waals surface area contributed by atoms with Crippen LogP contribution in [-0.4, -0.2) is 38.0 Å². The summed E-state index contributed by atoms with van der Waals surface area (Å²) in [6.45, 7) is 0. The molecular formula is C19H19N3O5. The van der Waals surface area contributed by atoms with Crippen LogP contribution < -0.4 is 25.2 Å². The number of nitrogens with zero attached hydrogens (tertiary/aromatic N) is 1. The number of hydrazine groups is 1. The molecule has 2 N–H and O–H groups in total. The fourth-order valence-corrected chi connectivity index (χ4v) is 2.78. The van der Waals surface area contributed by atoms with Crippen LogP contribution >= 0.6 is 0 Å². The second-order valence-corrected chi connectivity index (χ2v) is 5.83. The third-order valence-corrected chi connectivity index (χ3v) is 4.17. The minimum atomic E-state index is -0.874. The minimum absolute atomic E-state index is 0.0890. The van der Waals surface area contributed by atoms with Gasteiger partial charge in [0.15, 0.2) is 0 Å². The number of hydrogen-bond acceptors (Lipinski definition) is 6. The van der Waals surface area contributed by atoms with Crippen LogP contribution in [0.3, 0.4) is 0 Å². The summed E-state index contributed by atoms with van der Waals surface area (Å²) >= 11 is 0. The van der Waals surface area contributed by atoms with E-state index >= 15 is 0 Å². The number of carbonyl (C=O) groups is 3. The molecule has 0 saturated carbocycles. The van der Waals surface area contributed by atoms with Crippen molar-refractivity contribution in [3.63, 3.8) is 0 Å². The molecule has 1 aliphatic heterocycles. The van der Waals surface area contributed by atoms with E-state index in [2.05, 4.69) is 10.9 Å². The summed E-state index contributed by atoms with van der Waals surface area (Å²) < 4.78 is 10.4. The molecule has 0 aliphatic carbocycles. The van der Waals surface area contributed by atoms with E-state index in [1.807, 2.05) is 0 Å². The Morgan fingerprint density at radius 2 is 1.81 bits per heavy atom. The fraction of sp³-hybridized carbons (Fsp3) is 0.211. The second kappa shape index (κ2) is 7.88. The van der Waals surface area contributed by atoms with Crippen LogP contribution in [0.5, 0.6) is 11.5 Å². The number of anilines is 1. The summed E-state index contributed by atoms with van der Waals surface area (Å²) in [7, 11) is 2.94. The molecule has 0 unspecified atom stereocenters. The van der Waals surface area contributed by atoms with Crippen molar-refractivity contribution < 1.29 is 23.9 Å². The largest absolute Gasteiger partial charge is 0.497 e. The van der Waals surface area contributed by atoms with Gasteiger partial charge < -0.3 is 9.47 Å². The summed E-state index contributed by atoms with van der Waals surface area (Å²) in [5.74, 6) is -0.433. The summed E-state index contributed by atoms with van der Waals surface area (Å²) in [4.78, 5) is 38.3. The van der Waals surface area contributed by atoms with E-state index in [9.17, 15) is 14.4 Å². The number of nitrogens with one attached hydrogen (secondary N) is 2. The predicted molar refractivity (Wildman–Crippen MR) is 97.5 cm³/mol. The van der Waals surface area contributed by atoms with Crippen LogP contribution in [0.25, 0.3) is 0 Å². The molecule has 3 rings (SSSR count). The molecule has 2 aromatic carbocycles. The summed E-state index contributed by atoms with van der Waals surface area (Å²) in [6.07, 6.45) is -0.0890. The van der Waals surface area contributed by atoms with Crippen LogP contribution in [0.2, 0.25) is 0 Å². The standard InChI is InChI=1S/C19H19N3O5/c1-26-13-8-9-16(27-2)15(10-13)22-17(23)11-14(19(22)25)20-21-18(24)12-6-4-3-5-7-12/h3-10,14,20H,11H2,1-2H3,(H,21,24)/t14-/m1/s1. The summed E-state index contributed by atoms with van der Waals surface area (Å²) in [5, 5.41) is 0. The monoisotopic (exact) mass is 369 g/mol. The van der Waals surface area contributed by atoms with E-state index in [-0.39, 0.29) is 6.42 Å². The number of methoxy groups -OCH3 is 2. The molecule has 2 aromatic rings. The van der Waals surface area contributed by atoms with Crippen LogP contribution in [0.15, 0.2) is 48.5 Å². The van der Waals surface area contributed by atoms with Gasteiger partial charge in [-0.2, -0.15) is 0 Å². The van der Waals surface area contributed by atoms with E-state index in [1.165, 1.54) is 14.2 Å². The lowest BCUT2D eigenvalue weighted by Gasteiger charge is -2.19. The molecule has 27 heavy (non-hydrogen) atoms. The zero-order chi connectivity index (χ0) is 19.4. The molecule has 8 heteroatoms. The van der Waals surface area contributed by atoms with Gasteiger partial charge in [-0.1, -0.05) is 18.2 Å². The molecule has 1 fully saturated rings. The zero-order valence-corrected chi connectivity index (χ0v) is 14.9. The molecule has 0 aromatic heterocycles. The number of amides is 3. The van der Waals surface area contributed by atoms with Gasteiger partial charge >= 0.3 is 0 Å². The highest BCUT2D eigenvalue weighted by Crippen LogP contribution is 2.35.